The molecule has 0 bridgehead atoms. The van der Waals surface area contributed by atoms with Gasteiger partial charge in [-0.25, -0.2) is 8.42 Å². The third-order valence-corrected chi connectivity index (χ3v) is 5.16. The van der Waals surface area contributed by atoms with E-state index in [2.05, 4.69) is 10.0 Å². The van der Waals surface area contributed by atoms with Gasteiger partial charge in [0.05, 0.1) is 17.0 Å². The maximum absolute atomic E-state index is 12.5. The maximum atomic E-state index is 12.5. The second-order valence-corrected chi connectivity index (χ2v) is 8.00. The number of anilines is 1. The lowest BCUT2D eigenvalue weighted by atomic mass is 10.1. The van der Waals surface area contributed by atoms with Crippen molar-refractivity contribution in [3.05, 3.63) is 64.7 Å². The van der Waals surface area contributed by atoms with Crippen molar-refractivity contribution in [3.63, 3.8) is 0 Å². The molecule has 0 aliphatic carbocycles. The first kappa shape index (κ1) is 21.2. The minimum absolute atomic E-state index is 0.214. The van der Waals surface area contributed by atoms with E-state index >= 15 is 0 Å². The molecule has 0 spiro atoms. The van der Waals surface area contributed by atoms with Crippen LogP contribution in [0.5, 0.6) is 0 Å². The van der Waals surface area contributed by atoms with Gasteiger partial charge in [0.25, 0.3) is 5.91 Å². The van der Waals surface area contributed by atoms with Gasteiger partial charge in [-0.3, -0.25) is 9.52 Å². The first-order valence-electron chi connectivity index (χ1n) is 8.61. The number of hydrogen-bond acceptors (Lipinski definition) is 4. The third kappa shape index (κ3) is 7.21. The van der Waals surface area contributed by atoms with Gasteiger partial charge < -0.3 is 10.1 Å². The van der Waals surface area contributed by atoms with Crippen LogP contribution in [-0.4, -0.2) is 34.1 Å². The Bertz CT molecular complexity index is 854. The van der Waals surface area contributed by atoms with Gasteiger partial charge in [0.2, 0.25) is 10.0 Å². The number of carbonyl (C=O) groups excluding carboxylic acids is 1. The van der Waals surface area contributed by atoms with Crippen molar-refractivity contribution in [1.29, 1.82) is 0 Å². The van der Waals surface area contributed by atoms with Gasteiger partial charge in [-0.1, -0.05) is 35.9 Å². The van der Waals surface area contributed by atoms with Gasteiger partial charge in [-0.2, -0.15) is 0 Å². The minimum Gasteiger partial charge on any atom is -0.382 e. The van der Waals surface area contributed by atoms with E-state index in [-0.39, 0.29) is 22.9 Å². The Hall–Kier alpha value is -2.09. The summed E-state index contributed by atoms with van der Waals surface area (Å²) in [4.78, 5) is 12.4. The highest BCUT2D eigenvalue weighted by Gasteiger charge is 2.17. The monoisotopic (exact) mass is 410 g/mol. The average Bonchev–Trinajstić information content (AvgIpc) is 2.63. The van der Waals surface area contributed by atoms with Crippen molar-refractivity contribution >= 4 is 33.2 Å². The van der Waals surface area contributed by atoms with Crippen molar-refractivity contribution in [2.45, 2.75) is 19.1 Å². The first-order chi connectivity index (χ1) is 12.9. The molecule has 8 heteroatoms. The van der Waals surface area contributed by atoms with Crippen LogP contribution in [0.25, 0.3) is 0 Å². The van der Waals surface area contributed by atoms with Gasteiger partial charge in [0.15, 0.2) is 0 Å². The van der Waals surface area contributed by atoms with Gasteiger partial charge >= 0.3 is 0 Å². The smallest absolute Gasteiger partial charge is 0.253 e. The molecule has 0 fully saturated rings. The summed E-state index contributed by atoms with van der Waals surface area (Å²) in [5, 5.41) is 3.31. The molecule has 2 rings (SSSR count). The predicted octanol–water partition coefficient (Wildman–Crippen LogP) is 3.44. The van der Waals surface area contributed by atoms with Crippen LogP contribution < -0.4 is 10.0 Å². The average molecular weight is 411 g/mol. The highest BCUT2D eigenvalue weighted by molar-refractivity contribution is 7.91. The lowest BCUT2D eigenvalue weighted by Crippen LogP contribution is -2.27. The van der Waals surface area contributed by atoms with E-state index in [9.17, 15) is 13.2 Å². The summed E-state index contributed by atoms with van der Waals surface area (Å²) < 4.78 is 32.7. The first-order valence-corrected chi connectivity index (χ1v) is 10.6. The molecule has 0 heterocycles. The molecule has 27 heavy (non-hydrogen) atoms. The second kappa shape index (κ2) is 10.3. The Morgan fingerprint density at radius 1 is 1.11 bits per heavy atom. The molecule has 0 aliphatic heterocycles. The van der Waals surface area contributed by atoms with E-state index in [0.29, 0.717) is 36.8 Å². The zero-order valence-corrected chi connectivity index (χ0v) is 16.6. The number of nitrogens with one attached hydrogen (secondary N) is 2. The summed E-state index contributed by atoms with van der Waals surface area (Å²) >= 11 is 5.82. The molecule has 0 aliphatic rings. The Kier molecular flexibility index (Phi) is 8.09. The molecule has 6 nitrogen and oxygen atoms in total. The van der Waals surface area contributed by atoms with Crippen molar-refractivity contribution in [1.82, 2.24) is 5.32 Å². The fourth-order valence-corrected chi connectivity index (χ4v) is 3.73. The number of amides is 1. The molecule has 0 saturated carbocycles. The number of carbonyl (C=O) groups is 1. The van der Waals surface area contributed by atoms with Crippen LogP contribution in [0.3, 0.4) is 0 Å². The van der Waals surface area contributed by atoms with Crippen LogP contribution in [0, 0.1) is 0 Å². The van der Waals surface area contributed by atoms with Crippen molar-refractivity contribution in [3.8, 4) is 0 Å². The second-order valence-electron chi connectivity index (χ2n) is 5.84. The number of benzene rings is 2. The maximum Gasteiger partial charge on any atom is 0.253 e. The zero-order valence-electron chi connectivity index (χ0n) is 15.1. The van der Waals surface area contributed by atoms with Gasteiger partial charge in [-0.15, -0.1) is 0 Å². The van der Waals surface area contributed by atoms with Gasteiger partial charge in [-0.05, 0) is 43.2 Å². The Morgan fingerprint density at radius 3 is 2.52 bits per heavy atom. The van der Waals surface area contributed by atoms with Gasteiger partial charge in [0, 0.05) is 24.8 Å². The summed E-state index contributed by atoms with van der Waals surface area (Å²) in [6, 6.07) is 13.1. The molecule has 0 unspecified atom stereocenters. The van der Waals surface area contributed by atoms with E-state index in [4.69, 9.17) is 16.3 Å². The number of halogens is 1. The fraction of sp³-hybridized carbons (Fsp3) is 0.316. The Labute approximate surface area is 164 Å². The summed E-state index contributed by atoms with van der Waals surface area (Å²) in [6.45, 7) is 3.55. The fourth-order valence-electron chi connectivity index (χ4n) is 2.39. The summed E-state index contributed by atoms with van der Waals surface area (Å²) in [7, 11) is -3.68. The molecule has 2 aromatic rings. The van der Waals surface area contributed by atoms with E-state index in [0.717, 1.165) is 0 Å². The normalized spacial score (nSPS) is 11.2. The van der Waals surface area contributed by atoms with Crippen LogP contribution >= 0.6 is 11.6 Å². The highest BCUT2D eigenvalue weighted by Crippen LogP contribution is 2.19. The number of para-hydroxylation sites is 1. The predicted molar refractivity (Wildman–Crippen MR) is 108 cm³/mol. The molecule has 0 saturated heterocycles. The molecule has 2 N–H and O–H groups in total. The SMILES string of the molecule is CCOCCCNC(=O)c1ccccc1NS(=O)(=O)Cc1ccc(Cl)cc1. The van der Waals surface area contributed by atoms with Gasteiger partial charge in [0.1, 0.15) is 0 Å². The highest BCUT2D eigenvalue weighted by atomic mass is 35.5. The number of ether oxygens (including phenoxy) is 1. The van der Waals surface area contributed by atoms with E-state index in [1.807, 2.05) is 6.92 Å². The van der Waals surface area contributed by atoms with Crippen LogP contribution in [-0.2, 0) is 20.5 Å². The summed E-state index contributed by atoms with van der Waals surface area (Å²) in [6.07, 6.45) is 0.685. The summed E-state index contributed by atoms with van der Waals surface area (Å²) in [5.41, 5.74) is 1.12. The quantitative estimate of drug-likeness (QED) is 0.587. The van der Waals surface area contributed by atoms with E-state index < -0.39 is 10.0 Å². The molecule has 2 aromatic carbocycles. The topological polar surface area (TPSA) is 84.5 Å². The minimum atomic E-state index is -3.68. The molecule has 0 atom stereocenters. The van der Waals surface area contributed by atoms with E-state index in [1.165, 1.54) is 0 Å². The lowest BCUT2D eigenvalue weighted by Gasteiger charge is -2.13. The molecule has 1 amide bonds. The third-order valence-electron chi connectivity index (χ3n) is 3.66. The molecule has 146 valence electrons. The lowest BCUT2D eigenvalue weighted by molar-refractivity contribution is 0.0945. The van der Waals surface area contributed by atoms with Crippen LogP contribution in [0.1, 0.15) is 29.3 Å². The van der Waals surface area contributed by atoms with E-state index in [1.54, 1.807) is 48.5 Å². The van der Waals surface area contributed by atoms with Crippen LogP contribution in [0.15, 0.2) is 48.5 Å². The van der Waals surface area contributed by atoms with Crippen molar-refractivity contribution in [2.75, 3.05) is 24.5 Å². The van der Waals surface area contributed by atoms with Crippen LogP contribution in [0.4, 0.5) is 5.69 Å². The van der Waals surface area contributed by atoms with Crippen LogP contribution in [0.2, 0.25) is 5.02 Å². The number of hydrogen-bond donors (Lipinski definition) is 2. The zero-order chi connectivity index (χ0) is 19.7. The summed E-state index contributed by atoms with van der Waals surface area (Å²) in [5.74, 6) is -0.551. The van der Waals surface area contributed by atoms with Crippen molar-refractivity contribution in [2.24, 2.45) is 0 Å². The molecule has 0 aromatic heterocycles. The molecule has 0 radical (unpaired) electrons. The Balaban J connectivity index is 2.03. The molecular weight excluding hydrogens is 388 g/mol. The van der Waals surface area contributed by atoms with Crippen molar-refractivity contribution < 1.29 is 17.9 Å². The number of rotatable bonds is 10. The standard InChI is InChI=1S/C19H23ClN2O4S/c1-2-26-13-5-12-21-19(23)17-6-3-4-7-18(17)22-27(24,25)14-15-8-10-16(20)11-9-15/h3-4,6-11,22H,2,5,12-14H2,1H3,(H,21,23). The largest absolute Gasteiger partial charge is 0.382 e. The Morgan fingerprint density at radius 2 is 1.81 bits per heavy atom. The molecular formula is C19H23ClN2O4S. The number of sulfonamides is 1.